The van der Waals surface area contributed by atoms with E-state index >= 15 is 0 Å². The lowest BCUT2D eigenvalue weighted by Gasteiger charge is -2.07. The predicted molar refractivity (Wildman–Crippen MR) is 98.1 cm³/mol. The van der Waals surface area contributed by atoms with E-state index in [0.717, 1.165) is 17.1 Å². The lowest BCUT2D eigenvalue weighted by atomic mass is 10.2. The fourth-order valence-corrected chi connectivity index (χ4v) is 3.82. The minimum absolute atomic E-state index is 0.0354. The molecule has 1 N–H and O–H groups in total. The van der Waals surface area contributed by atoms with Crippen molar-refractivity contribution in [3.05, 3.63) is 45.0 Å². The zero-order chi connectivity index (χ0) is 17.7. The first-order chi connectivity index (χ1) is 11.4. The summed E-state index contributed by atoms with van der Waals surface area (Å²) in [5.74, 6) is 0.956. The summed E-state index contributed by atoms with van der Waals surface area (Å²) in [6, 6.07) is 4.58. The van der Waals surface area contributed by atoms with Gasteiger partial charge in [-0.1, -0.05) is 13.8 Å². The van der Waals surface area contributed by atoms with Crippen LogP contribution >= 0.6 is 23.1 Å². The van der Waals surface area contributed by atoms with E-state index < -0.39 is 10.8 Å². The van der Waals surface area contributed by atoms with Gasteiger partial charge in [-0.2, -0.15) is 0 Å². The number of amides is 1. The molecule has 1 aromatic carbocycles. The molecule has 0 saturated heterocycles. The number of carbonyl (C=O) groups excluding carboxylic acids is 1. The minimum atomic E-state index is -0.442. The number of hydrogen-bond acceptors (Lipinski definition) is 6. The fourth-order valence-electron chi connectivity index (χ4n) is 1.91. The van der Waals surface area contributed by atoms with Gasteiger partial charge >= 0.3 is 0 Å². The number of thiazole rings is 1. The van der Waals surface area contributed by atoms with Crippen molar-refractivity contribution in [3.8, 4) is 0 Å². The van der Waals surface area contributed by atoms with E-state index in [0.29, 0.717) is 15.9 Å². The summed E-state index contributed by atoms with van der Waals surface area (Å²) in [6.07, 6.45) is 2.64. The van der Waals surface area contributed by atoms with Crippen LogP contribution < -0.4 is 5.32 Å². The van der Waals surface area contributed by atoms with Gasteiger partial charge in [-0.25, -0.2) is 4.98 Å². The molecule has 2 rings (SSSR count). The number of rotatable bonds is 7. The van der Waals surface area contributed by atoms with E-state index in [1.54, 1.807) is 18.3 Å². The number of nitrogens with zero attached hydrogens (tertiary/aromatic N) is 2. The number of benzene rings is 1. The van der Waals surface area contributed by atoms with E-state index in [9.17, 15) is 14.9 Å². The minimum Gasteiger partial charge on any atom is -0.298 e. The highest BCUT2D eigenvalue weighted by Gasteiger charge is 2.18. The zero-order valence-electron chi connectivity index (χ0n) is 13.7. The standard InChI is InChI=1S/C16H19N3O3S2/c1-10(2)6-7-23-14-5-4-12(8-13(14)19(21)22)15(20)18-16-17-9-11(3)24-16/h4-5,8-10H,6-7H2,1-3H3,(H,17,18,20). The van der Waals surface area contributed by atoms with Crippen LogP contribution in [-0.2, 0) is 0 Å². The van der Waals surface area contributed by atoms with Crippen molar-refractivity contribution >= 4 is 39.8 Å². The van der Waals surface area contributed by atoms with Gasteiger partial charge in [-0.3, -0.25) is 20.2 Å². The normalized spacial score (nSPS) is 10.8. The molecule has 1 heterocycles. The molecule has 0 atom stereocenters. The second kappa shape index (κ2) is 8.25. The third-order valence-corrected chi connectivity index (χ3v) is 5.14. The predicted octanol–water partition coefficient (Wildman–Crippen LogP) is 4.75. The number of hydrogen-bond donors (Lipinski definition) is 1. The van der Waals surface area contributed by atoms with Gasteiger partial charge < -0.3 is 0 Å². The highest BCUT2D eigenvalue weighted by molar-refractivity contribution is 7.99. The Morgan fingerprint density at radius 1 is 1.46 bits per heavy atom. The van der Waals surface area contributed by atoms with Gasteiger partial charge in [0.05, 0.1) is 9.82 Å². The molecule has 0 aliphatic carbocycles. The summed E-state index contributed by atoms with van der Waals surface area (Å²) in [5.41, 5.74) is 0.217. The summed E-state index contributed by atoms with van der Waals surface area (Å²) in [7, 11) is 0. The molecule has 0 aliphatic heterocycles. The molecule has 1 amide bonds. The van der Waals surface area contributed by atoms with Crippen LogP contribution in [0.25, 0.3) is 0 Å². The zero-order valence-corrected chi connectivity index (χ0v) is 15.4. The van der Waals surface area contributed by atoms with Gasteiger partial charge in [0.2, 0.25) is 0 Å². The first-order valence-corrected chi connectivity index (χ1v) is 9.32. The second-order valence-corrected chi connectivity index (χ2v) is 8.07. The molecule has 0 saturated carbocycles. The van der Waals surface area contributed by atoms with Gasteiger partial charge in [0.1, 0.15) is 0 Å². The summed E-state index contributed by atoms with van der Waals surface area (Å²) in [6.45, 7) is 6.12. The second-order valence-electron chi connectivity index (χ2n) is 5.70. The summed E-state index contributed by atoms with van der Waals surface area (Å²) in [4.78, 5) is 28.7. The van der Waals surface area contributed by atoms with Gasteiger partial charge in [-0.05, 0) is 37.1 Å². The van der Waals surface area contributed by atoms with Crippen LogP contribution in [0.1, 0.15) is 35.5 Å². The molecule has 0 radical (unpaired) electrons. The van der Waals surface area contributed by atoms with Gasteiger partial charge in [0.15, 0.2) is 5.13 Å². The van der Waals surface area contributed by atoms with Crippen LogP contribution in [-0.4, -0.2) is 21.6 Å². The molecule has 128 valence electrons. The first-order valence-electron chi connectivity index (χ1n) is 7.52. The van der Waals surface area contributed by atoms with Gasteiger partial charge in [0.25, 0.3) is 11.6 Å². The first kappa shape index (κ1) is 18.4. The maximum absolute atomic E-state index is 12.2. The number of anilines is 1. The largest absolute Gasteiger partial charge is 0.298 e. The number of nitro benzene ring substituents is 1. The third kappa shape index (κ3) is 5.04. The Morgan fingerprint density at radius 3 is 2.79 bits per heavy atom. The molecule has 6 nitrogen and oxygen atoms in total. The summed E-state index contributed by atoms with van der Waals surface area (Å²) in [5, 5.41) is 14.4. The van der Waals surface area contributed by atoms with Crippen LogP contribution in [0.3, 0.4) is 0 Å². The number of nitro groups is 1. The Bertz CT molecular complexity index is 744. The van der Waals surface area contributed by atoms with Crippen molar-refractivity contribution in [2.45, 2.75) is 32.1 Å². The Balaban J connectivity index is 2.15. The van der Waals surface area contributed by atoms with E-state index in [-0.39, 0.29) is 11.3 Å². The lowest BCUT2D eigenvalue weighted by Crippen LogP contribution is -2.12. The highest BCUT2D eigenvalue weighted by atomic mass is 32.2. The van der Waals surface area contributed by atoms with Crippen LogP contribution in [0.5, 0.6) is 0 Å². The maximum Gasteiger partial charge on any atom is 0.283 e. The fraction of sp³-hybridized carbons (Fsp3) is 0.375. The summed E-state index contributed by atoms with van der Waals surface area (Å²) >= 11 is 2.80. The number of aromatic nitrogens is 1. The molecular formula is C16H19N3O3S2. The van der Waals surface area contributed by atoms with Crippen molar-refractivity contribution in [2.24, 2.45) is 5.92 Å². The van der Waals surface area contributed by atoms with Gasteiger partial charge in [0, 0.05) is 22.7 Å². The highest BCUT2D eigenvalue weighted by Crippen LogP contribution is 2.31. The molecule has 0 bridgehead atoms. The van der Waals surface area contributed by atoms with Crippen molar-refractivity contribution < 1.29 is 9.72 Å². The summed E-state index contributed by atoms with van der Waals surface area (Å²) < 4.78 is 0. The average Bonchev–Trinajstić information content (AvgIpc) is 2.92. The van der Waals surface area contributed by atoms with Crippen LogP contribution in [0.15, 0.2) is 29.3 Å². The van der Waals surface area contributed by atoms with Crippen molar-refractivity contribution in [3.63, 3.8) is 0 Å². The topological polar surface area (TPSA) is 85.1 Å². The van der Waals surface area contributed by atoms with Crippen molar-refractivity contribution in [1.29, 1.82) is 0 Å². The van der Waals surface area contributed by atoms with Crippen molar-refractivity contribution in [2.75, 3.05) is 11.1 Å². The molecule has 0 fully saturated rings. The Hall–Kier alpha value is -1.93. The van der Waals surface area contributed by atoms with E-state index in [4.69, 9.17) is 0 Å². The molecule has 0 spiro atoms. The number of thioether (sulfide) groups is 1. The molecule has 1 aromatic heterocycles. The quantitative estimate of drug-likeness (QED) is 0.435. The Morgan fingerprint density at radius 2 is 2.21 bits per heavy atom. The third-order valence-electron chi connectivity index (χ3n) is 3.21. The average molecular weight is 365 g/mol. The Labute approximate surface area is 148 Å². The molecule has 8 heteroatoms. The number of nitrogens with one attached hydrogen (secondary N) is 1. The van der Waals surface area contributed by atoms with Crippen LogP contribution in [0, 0.1) is 23.0 Å². The molecule has 0 unspecified atom stereocenters. The molecule has 2 aromatic rings. The van der Waals surface area contributed by atoms with Crippen molar-refractivity contribution in [1.82, 2.24) is 4.98 Å². The molecule has 24 heavy (non-hydrogen) atoms. The molecule has 0 aliphatic rings. The monoisotopic (exact) mass is 365 g/mol. The van der Waals surface area contributed by atoms with Crippen LogP contribution in [0.4, 0.5) is 10.8 Å². The number of carbonyl (C=O) groups is 1. The lowest BCUT2D eigenvalue weighted by molar-refractivity contribution is -0.387. The number of aryl methyl sites for hydroxylation is 1. The van der Waals surface area contributed by atoms with Gasteiger partial charge in [-0.15, -0.1) is 23.1 Å². The van der Waals surface area contributed by atoms with E-state index in [2.05, 4.69) is 24.1 Å². The Kier molecular flexibility index (Phi) is 6.33. The van der Waals surface area contributed by atoms with E-state index in [1.165, 1.54) is 29.2 Å². The maximum atomic E-state index is 12.2. The smallest absolute Gasteiger partial charge is 0.283 e. The van der Waals surface area contributed by atoms with E-state index in [1.807, 2.05) is 6.92 Å². The SMILES string of the molecule is Cc1cnc(NC(=O)c2ccc(SCCC(C)C)c([N+](=O)[O-])c2)s1. The van der Waals surface area contributed by atoms with Crippen LogP contribution in [0.2, 0.25) is 0 Å². The molecular weight excluding hydrogens is 346 g/mol.